The zero-order chi connectivity index (χ0) is 13.3. The second kappa shape index (κ2) is 8.51. The maximum absolute atomic E-state index is 11.3. The molecule has 7 heteroatoms. The van der Waals surface area contributed by atoms with E-state index in [0.29, 0.717) is 19.4 Å². The fourth-order valence-electron chi connectivity index (χ4n) is 1.24. The SMILES string of the molecule is NCCCCC(=O)NC(CCC(N)=O)C(=O)O. The van der Waals surface area contributed by atoms with Gasteiger partial charge in [-0.1, -0.05) is 0 Å². The van der Waals surface area contributed by atoms with Crippen molar-refractivity contribution in [3.63, 3.8) is 0 Å². The second-order valence-electron chi connectivity index (χ2n) is 3.71. The van der Waals surface area contributed by atoms with Gasteiger partial charge >= 0.3 is 5.97 Å². The van der Waals surface area contributed by atoms with Gasteiger partial charge in [0.25, 0.3) is 0 Å². The van der Waals surface area contributed by atoms with Crippen molar-refractivity contribution in [3.05, 3.63) is 0 Å². The number of carboxylic acid groups (broad SMARTS) is 1. The molecule has 0 aromatic heterocycles. The lowest BCUT2D eigenvalue weighted by Crippen LogP contribution is -2.41. The van der Waals surface area contributed by atoms with Crippen molar-refractivity contribution in [1.82, 2.24) is 5.32 Å². The van der Waals surface area contributed by atoms with E-state index in [1.54, 1.807) is 0 Å². The number of primary amides is 1. The van der Waals surface area contributed by atoms with Gasteiger partial charge in [-0.25, -0.2) is 4.79 Å². The minimum absolute atomic E-state index is 0.00724. The highest BCUT2D eigenvalue weighted by Crippen LogP contribution is 2.00. The normalized spacial score (nSPS) is 11.8. The predicted molar refractivity (Wildman–Crippen MR) is 60.9 cm³/mol. The van der Waals surface area contributed by atoms with Crippen molar-refractivity contribution in [1.29, 1.82) is 0 Å². The monoisotopic (exact) mass is 245 g/mol. The van der Waals surface area contributed by atoms with Gasteiger partial charge in [0, 0.05) is 12.8 Å². The number of nitrogens with two attached hydrogens (primary N) is 2. The molecular weight excluding hydrogens is 226 g/mol. The number of carboxylic acids is 1. The maximum atomic E-state index is 11.3. The highest BCUT2D eigenvalue weighted by atomic mass is 16.4. The standard InChI is InChI=1S/C10H19N3O4/c11-6-2-1-3-9(15)13-7(10(16)17)4-5-8(12)14/h7H,1-6,11H2,(H2,12,14)(H,13,15)(H,16,17). The summed E-state index contributed by atoms with van der Waals surface area (Å²) in [5.74, 6) is -2.11. The molecule has 0 bridgehead atoms. The van der Waals surface area contributed by atoms with Crippen molar-refractivity contribution in [2.24, 2.45) is 11.5 Å². The smallest absolute Gasteiger partial charge is 0.326 e. The molecule has 0 saturated carbocycles. The summed E-state index contributed by atoms with van der Waals surface area (Å²) in [6, 6.07) is -1.06. The fourth-order valence-corrected chi connectivity index (χ4v) is 1.24. The van der Waals surface area contributed by atoms with Crippen molar-refractivity contribution in [3.8, 4) is 0 Å². The van der Waals surface area contributed by atoms with Gasteiger partial charge in [-0.2, -0.15) is 0 Å². The van der Waals surface area contributed by atoms with Gasteiger partial charge in [-0.05, 0) is 25.8 Å². The van der Waals surface area contributed by atoms with E-state index in [4.69, 9.17) is 16.6 Å². The number of unbranched alkanes of at least 4 members (excludes halogenated alkanes) is 1. The molecule has 2 amide bonds. The Labute approximate surface area is 99.5 Å². The van der Waals surface area contributed by atoms with Crippen LogP contribution >= 0.6 is 0 Å². The van der Waals surface area contributed by atoms with E-state index in [2.05, 4.69) is 5.32 Å². The van der Waals surface area contributed by atoms with Crippen LogP contribution in [-0.4, -0.2) is 35.5 Å². The highest BCUT2D eigenvalue weighted by Gasteiger charge is 2.19. The largest absolute Gasteiger partial charge is 0.480 e. The van der Waals surface area contributed by atoms with E-state index >= 15 is 0 Å². The third-order valence-corrected chi connectivity index (χ3v) is 2.17. The first-order chi connectivity index (χ1) is 7.97. The highest BCUT2D eigenvalue weighted by molar-refractivity contribution is 5.84. The molecule has 1 atom stereocenters. The Balaban J connectivity index is 4.02. The van der Waals surface area contributed by atoms with Crippen molar-refractivity contribution in [2.75, 3.05) is 6.54 Å². The summed E-state index contributed by atoms with van der Waals surface area (Å²) in [4.78, 5) is 32.7. The van der Waals surface area contributed by atoms with Crippen LogP contribution in [0.1, 0.15) is 32.1 Å². The molecule has 0 fully saturated rings. The Morgan fingerprint density at radius 3 is 2.29 bits per heavy atom. The summed E-state index contributed by atoms with van der Waals surface area (Å²) in [6.07, 6.45) is 1.50. The minimum Gasteiger partial charge on any atom is -0.480 e. The van der Waals surface area contributed by atoms with Gasteiger partial charge in [0.15, 0.2) is 0 Å². The summed E-state index contributed by atoms with van der Waals surface area (Å²) in [5.41, 5.74) is 10.2. The first kappa shape index (κ1) is 15.4. The van der Waals surface area contributed by atoms with Gasteiger partial charge in [0.2, 0.25) is 11.8 Å². The summed E-state index contributed by atoms with van der Waals surface area (Å²) >= 11 is 0. The molecule has 0 aromatic carbocycles. The molecule has 6 N–H and O–H groups in total. The van der Waals surface area contributed by atoms with E-state index in [-0.39, 0.29) is 25.2 Å². The van der Waals surface area contributed by atoms with E-state index in [0.717, 1.165) is 0 Å². The lowest BCUT2D eigenvalue weighted by Gasteiger charge is -2.13. The maximum Gasteiger partial charge on any atom is 0.326 e. The molecule has 0 radical (unpaired) electrons. The Morgan fingerprint density at radius 2 is 1.82 bits per heavy atom. The van der Waals surface area contributed by atoms with Crippen LogP contribution in [0, 0.1) is 0 Å². The Bertz CT molecular complexity index is 281. The molecule has 17 heavy (non-hydrogen) atoms. The average Bonchev–Trinajstić information content (AvgIpc) is 2.23. The lowest BCUT2D eigenvalue weighted by atomic mass is 10.1. The number of rotatable bonds is 9. The summed E-state index contributed by atoms with van der Waals surface area (Å²) in [5, 5.41) is 11.2. The molecule has 0 spiro atoms. The molecular formula is C10H19N3O4. The van der Waals surface area contributed by atoms with Crippen LogP contribution in [0.3, 0.4) is 0 Å². The first-order valence-electron chi connectivity index (χ1n) is 5.48. The van der Waals surface area contributed by atoms with Crippen molar-refractivity contribution < 1.29 is 19.5 Å². The molecule has 0 aliphatic heterocycles. The van der Waals surface area contributed by atoms with E-state index in [1.807, 2.05) is 0 Å². The second-order valence-corrected chi connectivity index (χ2v) is 3.71. The molecule has 1 unspecified atom stereocenters. The summed E-state index contributed by atoms with van der Waals surface area (Å²) in [7, 11) is 0. The van der Waals surface area contributed by atoms with Crippen LogP contribution in [0.15, 0.2) is 0 Å². The van der Waals surface area contributed by atoms with Crippen LogP contribution in [-0.2, 0) is 14.4 Å². The minimum atomic E-state index is -1.17. The number of hydrogen-bond donors (Lipinski definition) is 4. The van der Waals surface area contributed by atoms with E-state index in [9.17, 15) is 14.4 Å². The molecule has 0 aliphatic rings. The van der Waals surface area contributed by atoms with Gasteiger partial charge in [0.05, 0.1) is 0 Å². The van der Waals surface area contributed by atoms with Crippen LogP contribution < -0.4 is 16.8 Å². The zero-order valence-corrected chi connectivity index (χ0v) is 9.65. The molecule has 98 valence electrons. The third-order valence-electron chi connectivity index (χ3n) is 2.17. The van der Waals surface area contributed by atoms with Crippen LogP contribution in [0.4, 0.5) is 0 Å². The fraction of sp³-hybridized carbons (Fsp3) is 0.700. The summed E-state index contributed by atoms with van der Waals surface area (Å²) in [6.45, 7) is 0.497. The topological polar surface area (TPSA) is 136 Å². The average molecular weight is 245 g/mol. The first-order valence-corrected chi connectivity index (χ1v) is 5.48. The Kier molecular flexibility index (Phi) is 7.70. The van der Waals surface area contributed by atoms with Crippen LogP contribution in [0.5, 0.6) is 0 Å². The van der Waals surface area contributed by atoms with Gasteiger partial charge < -0.3 is 21.9 Å². The number of nitrogens with one attached hydrogen (secondary N) is 1. The number of carbonyl (C=O) groups excluding carboxylic acids is 2. The molecule has 0 aromatic rings. The summed E-state index contributed by atoms with van der Waals surface area (Å²) < 4.78 is 0. The third kappa shape index (κ3) is 8.21. The van der Waals surface area contributed by atoms with Crippen molar-refractivity contribution in [2.45, 2.75) is 38.1 Å². The van der Waals surface area contributed by atoms with Crippen molar-refractivity contribution >= 4 is 17.8 Å². The van der Waals surface area contributed by atoms with Gasteiger partial charge in [0.1, 0.15) is 6.04 Å². The van der Waals surface area contributed by atoms with Crippen LogP contribution in [0.25, 0.3) is 0 Å². The molecule has 7 nitrogen and oxygen atoms in total. The molecule has 0 rings (SSSR count). The lowest BCUT2D eigenvalue weighted by molar-refractivity contribution is -0.142. The molecule has 0 heterocycles. The number of carbonyl (C=O) groups is 3. The number of hydrogen-bond acceptors (Lipinski definition) is 4. The van der Waals surface area contributed by atoms with Gasteiger partial charge in [-0.15, -0.1) is 0 Å². The Morgan fingerprint density at radius 1 is 1.18 bits per heavy atom. The predicted octanol–water partition coefficient (Wildman–Crippen LogP) is -1.05. The van der Waals surface area contributed by atoms with E-state index in [1.165, 1.54) is 0 Å². The molecule has 0 aliphatic carbocycles. The van der Waals surface area contributed by atoms with Gasteiger partial charge in [-0.3, -0.25) is 9.59 Å². The van der Waals surface area contributed by atoms with Crippen LogP contribution in [0.2, 0.25) is 0 Å². The quantitative estimate of drug-likeness (QED) is 0.384. The number of amides is 2. The zero-order valence-electron chi connectivity index (χ0n) is 9.65. The van der Waals surface area contributed by atoms with E-state index < -0.39 is 17.9 Å². The molecule has 0 saturated heterocycles. The Hall–Kier alpha value is -1.63. The number of aliphatic carboxylic acids is 1.